The summed E-state index contributed by atoms with van der Waals surface area (Å²) in [5.74, 6) is -0.0441. The van der Waals surface area contributed by atoms with Gasteiger partial charge in [-0.05, 0) is 54.6 Å². The first kappa shape index (κ1) is 19.1. The van der Waals surface area contributed by atoms with Gasteiger partial charge in [0.25, 0.3) is 0 Å². The molecule has 0 spiro atoms. The van der Waals surface area contributed by atoms with Gasteiger partial charge in [-0.3, -0.25) is 4.79 Å². The molecule has 0 saturated carbocycles. The van der Waals surface area contributed by atoms with Crippen molar-refractivity contribution in [3.8, 4) is 0 Å². The van der Waals surface area contributed by atoms with Crippen molar-refractivity contribution >= 4 is 44.9 Å². The second-order valence-corrected chi connectivity index (χ2v) is 9.15. The van der Waals surface area contributed by atoms with Gasteiger partial charge in [0.2, 0.25) is 15.9 Å². The summed E-state index contributed by atoms with van der Waals surface area (Å²) in [7, 11) is -3.58. The van der Waals surface area contributed by atoms with Gasteiger partial charge in [-0.15, -0.1) is 11.3 Å². The van der Waals surface area contributed by atoms with Crippen molar-refractivity contribution in [3.05, 3.63) is 57.8 Å². The highest BCUT2D eigenvalue weighted by Gasteiger charge is 2.26. The molecule has 0 atom stereocenters. The van der Waals surface area contributed by atoms with Crippen LogP contribution in [0.3, 0.4) is 0 Å². The second kappa shape index (κ2) is 8.35. The molecule has 1 aliphatic rings. The van der Waals surface area contributed by atoms with Crippen LogP contribution in [0.1, 0.15) is 17.7 Å². The minimum Gasteiger partial charge on any atom is -0.339 e. The quantitative estimate of drug-likeness (QED) is 0.768. The van der Waals surface area contributed by atoms with Crippen molar-refractivity contribution in [1.29, 1.82) is 0 Å². The van der Waals surface area contributed by atoms with E-state index in [1.807, 2.05) is 23.6 Å². The van der Waals surface area contributed by atoms with Gasteiger partial charge < -0.3 is 4.90 Å². The maximum absolute atomic E-state index is 12.4. The van der Waals surface area contributed by atoms with Gasteiger partial charge in [-0.25, -0.2) is 13.1 Å². The molecule has 2 heterocycles. The standard InChI is InChI=1S/C18H19ClN2O3S2/c19-14-3-6-17(7-4-14)26(23,24)20-15-9-11-21(12-10-15)18(22)8-5-16-2-1-13-25-16/h1-8,13,15,20H,9-12H2/b8-5+. The highest BCUT2D eigenvalue weighted by molar-refractivity contribution is 7.89. The Morgan fingerprint density at radius 3 is 2.50 bits per heavy atom. The van der Waals surface area contributed by atoms with Gasteiger partial charge in [0.05, 0.1) is 4.90 Å². The van der Waals surface area contributed by atoms with E-state index in [1.54, 1.807) is 34.4 Å². The fourth-order valence-electron chi connectivity index (χ4n) is 2.76. The lowest BCUT2D eigenvalue weighted by molar-refractivity contribution is -0.126. The predicted octanol–water partition coefficient (Wildman–Crippen LogP) is 3.38. The highest BCUT2D eigenvalue weighted by atomic mass is 35.5. The van der Waals surface area contributed by atoms with Gasteiger partial charge in [0.15, 0.2) is 0 Å². The number of halogens is 1. The third-order valence-corrected chi connectivity index (χ3v) is 6.81. The first-order valence-electron chi connectivity index (χ1n) is 8.22. The van der Waals surface area contributed by atoms with Gasteiger partial charge in [-0.2, -0.15) is 0 Å². The minimum absolute atomic E-state index is 0.0441. The Kier molecular flexibility index (Phi) is 6.13. The van der Waals surface area contributed by atoms with Crippen molar-refractivity contribution in [2.75, 3.05) is 13.1 Å². The first-order valence-corrected chi connectivity index (χ1v) is 11.0. The lowest BCUT2D eigenvalue weighted by atomic mass is 10.1. The average molecular weight is 411 g/mol. The molecule has 1 saturated heterocycles. The number of piperidine rings is 1. The van der Waals surface area contributed by atoms with E-state index in [0.717, 1.165) is 4.88 Å². The number of hydrogen-bond donors (Lipinski definition) is 1. The largest absolute Gasteiger partial charge is 0.339 e. The van der Waals surface area contributed by atoms with Crippen LogP contribution in [-0.2, 0) is 14.8 Å². The molecule has 0 bridgehead atoms. The molecule has 0 radical (unpaired) electrons. The summed E-state index contributed by atoms with van der Waals surface area (Å²) >= 11 is 7.37. The van der Waals surface area contributed by atoms with E-state index in [-0.39, 0.29) is 16.8 Å². The smallest absolute Gasteiger partial charge is 0.246 e. The SMILES string of the molecule is O=C(/C=C/c1cccs1)N1CCC(NS(=O)(=O)c2ccc(Cl)cc2)CC1. The number of likely N-dealkylation sites (tertiary alicyclic amines) is 1. The van der Waals surface area contributed by atoms with E-state index in [4.69, 9.17) is 11.6 Å². The molecule has 1 aromatic carbocycles. The minimum atomic E-state index is -3.58. The van der Waals surface area contributed by atoms with Crippen LogP contribution < -0.4 is 4.72 Å². The number of carbonyl (C=O) groups excluding carboxylic acids is 1. The number of benzene rings is 1. The summed E-state index contributed by atoms with van der Waals surface area (Å²) < 4.78 is 27.6. The molecule has 1 amide bonds. The van der Waals surface area contributed by atoms with E-state index in [0.29, 0.717) is 31.0 Å². The van der Waals surface area contributed by atoms with Crippen LogP contribution in [-0.4, -0.2) is 38.4 Å². The molecule has 5 nitrogen and oxygen atoms in total. The van der Waals surface area contributed by atoms with Crippen molar-refractivity contribution in [1.82, 2.24) is 9.62 Å². The molecule has 1 fully saturated rings. The average Bonchev–Trinajstić information content (AvgIpc) is 3.14. The van der Waals surface area contributed by atoms with Crippen molar-refractivity contribution in [3.63, 3.8) is 0 Å². The monoisotopic (exact) mass is 410 g/mol. The second-order valence-electron chi connectivity index (χ2n) is 6.02. The van der Waals surface area contributed by atoms with Crippen LogP contribution >= 0.6 is 22.9 Å². The lowest BCUT2D eigenvalue weighted by Gasteiger charge is -2.31. The molecule has 0 aliphatic carbocycles. The molecule has 1 aliphatic heterocycles. The number of nitrogens with zero attached hydrogens (tertiary/aromatic N) is 1. The number of nitrogens with one attached hydrogen (secondary N) is 1. The zero-order valence-electron chi connectivity index (χ0n) is 14.0. The van der Waals surface area contributed by atoms with Crippen molar-refractivity contribution in [2.45, 2.75) is 23.8 Å². The Morgan fingerprint density at radius 2 is 1.88 bits per heavy atom. The Labute approximate surface area is 162 Å². The number of sulfonamides is 1. The Morgan fingerprint density at radius 1 is 1.19 bits per heavy atom. The van der Waals surface area contributed by atoms with E-state index in [1.165, 1.54) is 12.1 Å². The van der Waals surface area contributed by atoms with Crippen molar-refractivity contribution < 1.29 is 13.2 Å². The van der Waals surface area contributed by atoms with E-state index in [9.17, 15) is 13.2 Å². The highest BCUT2D eigenvalue weighted by Crippen LogP contribution is 2.18. The summed E-state index contributed by atoms with van der Waals surface area (Å²) in [5, 5.41) is 2.45. The van der Waals surface area contributed by atoms with Crippen molar-refractivity contribution in [2.24, 2.45) is 0 Å². The van der Waals surface area contributed by atoms with E-state index < -0.39 is 10.0 Å². The van der Waals surface area contributed by atoms with Crippen LogP contribution in [0, 0.1) is 0 Å². The van der Waals surface area contributed by atoms with Crippen LogP contribution in [0.25, 0.3) is 6.08 Å². The Hall–Kier alpha value is -1.67. The molecular formula is C18H19ClN2O3S2. The molecule has 3 rings (SSSR count). The number of rotatable bonds is 5. The molecule has 8 heteroatoms. The third-order valence-electron chi connectivity index (χ3n) is 4.19. The first-order chi connectivity index (χ1) is 12.4. The Bertz CT molecular complexity index is 870. The molecule has 0 unspecified atom stereocenters. The van der Waals surface area contributed by atoms with Crippen LogP contribution in [0.15, 0.2) is 52.7 Å². The van der Waals surface area contributed by atoms with Gasteiger partial charge in [0, 0.05) is 35.1 Å². The van der Waals surface area contributed by atoms with Gasteiger partial charge >= 0.3 is 0 Å². The zero-order chi connectivity index (χ0) is 18.6. The summed E-state index contributed by atoms with van der Waals surface area (Å²) in [4.78, 5) is 15.2. The molecule has 1 aromatic heterocycles. The fraction of sp³-hybridized carbons (Fsp3) is 0.278. The normalized spacial score (nSPS) is 16.3. The lowest BCUT2D eigenvalue weighted by Crippen LogP contribution is -2.46. The maximum Gasteiger partial charge on any atom is 0.246 e. The number of carbonyl (C=O) groups is 1. The molecule has 2 aromatic rings. The van der Waals surface area contributed by atoms with Crippen LogP contribution in [0.4, 0.5) is 0 Å². The molecule has 138 valence electrons. The Balaban J connectivity index is 1.53. The topological polar surface area (TPSA) is 66.5 Å². The molecular weight excluding hydrogens is 392 g/mol. The molecule has 26 heavy (non-hydrogen) atoms. The summed E-state index contributed by atoms with van der Waals surface area (Å²) in [5.41, 5.74) is 0. The van der Waals surface area contributed by atoms with E-state index in [2.05, 4.69) is 4.72 Å². The summed E-state index contributed by atoms with van der Waals surface area (Å²) in [6, 6.07) is 9.78. The third kappa shape index (κ3) is 4.94. The van der Waals surface area contributed by atoms with Crippen LogP contribution in [0.5, 0.6) is 0 Å². The summed E-state index contributed by atoms with van der Waals surface area (Å²) in [6.45, 7) is 1.06. The maximum atomic E-state index is 12.4. The zero-order valence-corrected chi connectivity index (χ0v) is 16.4. The fourth-order valence-corrected chi connectivity index (χ4v) is 4.81. The van der Waals surface area contributed by atoms with Gasteiger partial charge in [-0.1, -0.05) is 17.7 Å². The number of amides is 1. The van der Waals surface area contributed by atoms with Gasteiger partial charge in [0.1, 0.15) is 0 Å². The molecule has 1 N–H and O–H groups in total. The van der Waals surface area contributed by atoms with Crippen LogP contribution in [0.2, 0.25) is 5.02 Å². The predicted molar refractivity (Wildman–Crippen MR) is 105 cm³/mol. The summed E-state index contributed by atoms with van der Waals surface area (Å²) in [6.07, 6.45) is 4.56. The van der Waals surface area contributed by atoms with E-state index >= 15 is 0 Å². The number of thiophene rings is 1. The number of hydrogen-bond acceptors (Lipinski definition) is 4.